The Morgan fingerprint density at radius 2 is 2.11 bits per heavy atom. The van der Waals surface area contributed by atoms with Gasteiger partial charge in [-0.05, 0) is 31.0 Å². The van der Waals surface area contributed by atoms with Crippen molar-refractivity contribution in [2.75, 3.05) is 19.8 Å². The third kappa shape index (κ3) is 3.48. The maximum Gasteiger partial charge on any atom is 0.0620 e. The Balaban J connectivity index is 2.27. The fourth-order valence-electron chi connectivity index (χ4n) is 2.72. The van der Waals surface area contributed by atoms with Crippen LogP contribution in [-0.2, 0) is 4.74 Å². The van der Waals surface area contributed by atoms with Crippen molar-refractivity contribution < 1.29 is 4.74 Å². The largest absolute Gasteiger partial charge is 0.379 e. The Labute approximate surface area is 120 Å². The van der Waals surface area contributed by atoms with Gasteiger partial charge in [0.25, 0.3) is 0 Å². The van der Waals surface area contributed by atoms with Crippen LogP contribution in [0.25, 0.3) is 0 Å². The highest BCUT2D eigenvalue weighted by atomic mass is 35.5. The standard InChI is InChI=1S/C15H23ClN2O/c1-3-14(17)15(12-4-6-13(16)7-5-12)18-8-9-19-10-11(18)2/h4-7,11,14-15H,3,8-10,17H2,1-2H3. The van der Waals surface area contributed by atoms with Crippen LogP contribution in [0.4, 0.5) is 0 Å². The third-order valence-corrected chi connectivity index (χ3v) is 4.12. The number of nitrogens with zero attached hydrogens (tertiary/aromatic N) is 1. The Kier molecular flexibility index (Phi) is 5.22. The number of hydrogen-bond acceptors (Lipinski definition) is 3. The highest BCUT2D eigenvalue weighted by Gasteiger charge is 2.31. The summed E-state index contributed by atoms with van der Waals surface area (Å²) >= 11 is 5.98. The van der Waals surface area contributed by atoms with E-state index in [9.17, 15) is 0 Å². The summed E-state index contributed by atoms with van der Waals surface area (Å²) < 4.78 is 5.53. The summed E-state index contributed by atoms with van der Waals surface area (Å²) in [5.41, 5.74) is 7.61. The second kappa shape index (κ2) is 6.71. The summed E-state index contributed by atoms with van der Waals surface area (Å²) in [6.45, 7) is 6.83. The van der Waals surface area contributed by atoms with Crippen molar-refractivity contribution in [3.8, 4) is 0 Å². The molecule has 0 aromatic heterocycles. The van der Waals surface area contributed by atoms with E-state index < -0.39 is 0 Å². The summed E-state index contributed by atoms with van der Waals surface area (Å²) in [4.78, 5) is 2.46. The van der Waals surface area contributed by atoms with Gasteiger partial charge in [0.15, 0.2) is 0 Å². The van der Waals surface area contributed by atoms with Gasteiger partial charge in [0.2, 0.25) is 0 Å². The molecule has 0 amide bonds. The van der Waals surface area contributed by atoms with Gasteiger partial charge in [0.1, 0.15) is 0 Å². The monoisotopic (exact) mass is 282 g/mol. The quantitative estimate of drug-likeness (QED) is 0.923. The lowest BCUT2D eigenvalue weighted by molar-refractivity contribution is -0.0282. The molecule has 0 saturated carbocycles. The molecule has 3 unspecified atom stereocenters. The van der Waals surface area contributed by atoms with Crippen molar-refractivity contribution in [3.63, 3.8) is 0 Å². The average molecular weight is 283 g/mol. The van der Waals surface area contributed by atoms with Gasteiger partial charge in [0, 0.05) is 23.7 Å². The van der Waals surface area contributed by atoms with Gasteiger partial charge in [-0.3, -0.25) is 4.90 Å². The van der Waals surface area contributed by atoms with Crippen LogP contribution in [0.1, 0.15) is 31.9 Å². The van der Waals surface area contributed by atoms with Gasteiger partial charge in [-0.25, -0.2) is 0 Å². The van der Waals surface area contributed by atoms with Crippen molar-refractivity contribution in [2.45, 2.75) is 38.4 Å². The smallest absolute Gasteiger partial charge is 0.0620 e. The van der Waals surface area contributed by atoms with Gasteiger partial charge in [-0.15, -0.1) is 0 Å². The van der Waals surface area contributed by atoms with E-state index in [0.717, 1.165) is 31.2 Å². The molecule has 1 aliphatic rings. The molecule has 1 heterocycles. The Morgan fingerprint density at radius 3 is 2.68 bits per heavy atom. The van der Waals surface area contributed by atoms with Crippen LogP contribution in [0.2, 0.25) is 5.02 Å². The van der Waals surface area contributed by atoms with Crippen LogP contribution >= 0.6 is 11.6 Å². The molecule has 1 aliphatic heterocycles. The lowest BCUT2D eigenvalue weighted by Crippen LogP contribution is -2.50. The van der Waals surface area contributed by atoms with Crippen LogP contribution in [-0.4, -0.2) is 36.7 Å². The summed E-state index contributed by atoms with van der Waals surface area (Å²) in [5, 5.41) is 0.766. The van der Waals surface area contributed by atoms with E-state index in [1.165, 1.54) is 5.56 Å². The first kappa shape index (κ1) is 14.8. The van der Waals surface area contributed by atoms with Crippen LogP contribution < -0.4 is 5.73 Å². The Bertz CT molecular complexity index is 396. The molecule has 106 valence electrons. The molecular formula is C15H23ClN2O. The fourth-order valence-corrected chi connectivity index (χ4v) is 2.85. The lowest BCUT2D eigenvalue weighted by atomic mass is 9.94. The summed E-state index contributed by atoms with van der Waals surface area (Å²) in [6.07, 6.45) is 0.956. The van der Waals surface area contributed by atoms with Gasteiger partial charge in [-0.2, -0.15) is 0 Å². The first-order valence-corrected chi connectivity index (χ1v) is 7.35. The van der Waals surface area contributed by atoms with Crippen LogP contribution in [0.5, 0.6) is 0 Å². The molecule has 3 nitrogen and oxygen atoms in total. The Hall–Kier alpha value is -0.610. The van der Waals surface area contributed by atoms with Crippen molar-refractivity contribution in [3.05, 3.63) is 34.9 Å². The summed E-state index contributed by atoms with van der Waals surface area (Å²) in [5.74, 6) is 0. The second-order valence-corrected chi connectivity index (χ2v) is 5.67. The number of rotatable bonds is 4. The van der Waals surface area contributed by atoms with Crippen LogP contribution in [0.15, 0.2) is 24.3 Å². The highest BCUT2D eigenvalue weighted by molar-refractivity contribution is 6.30. The van der Waals surface area contributed by atoms with E-state index in [2.05, 4.69) is 30.9 Å². The average Bonchev–Trinajstić information content (AvgIpc) is 2.43. The molecule has 0 bridgehead atoms. The molecule has 2 N–H and O–H groups in total. The molecule has 3 atom stereocenters. The SMILES string of the molecule is CCC(N)C(c1ccc(Cl)cc1)N1CCOCC1C. The number of halogens is 1. The van der Waals surface area contributed by atoms with Crippen LogP contribution in [0.3, 0.4) is 0 Å². The molecule has 1 aromatic carbocycles. The maximum absolute atomic E-state index is 6.36. The molecule has 1 saturated heterocycles. The number of ether oxygens (including phenoxy) is 1. The zero-order valence-corrected chi connectivity index (χ0v) is 12.4. The number of benzene rings is 1. The molecule has 4 heteroatoms. The predicted octanol–water partition coefficient (Wildman–Crippen LogP) is 2.84. The van der Waals surface area contributed by atoms with Crippen molar-refractivity contribution in [1.82, 2.24) is 4.90 Å². The third-order valence-electron chi connectivity index (χ3n) is 3.86. The first-order chi connectivity index (χ1) is 9.13. The van der Waals surface area contributed by atoms with Gasteiger partial charge >= 0.3 is 0 Å². The van der Waals surface area contributed by atoms with E-state index in [1.54, 1.807) is 0 Å². The zero-order chi connectivity index (χ0) is 13.8. The maximum atomic E-state index is 6.36. The molecule has 19 heavy (non-hydrogen) atoms. The van der Waals surface area contributed by atoms with Gasteiger partial charge in [0.05, 0.1) is 19.3 Å². The fraction of sp³-hybridized carbons (Fsp3) is 0.600. The zero-order valence-electron chi connectivity index (χ0n) is 11.7. The summed E-state index contributed by atoms with van der Waals surface area (Å²) in [7, 11) is 0. The summed E-state index contributed by atoms with van der Waals surface area (Å²) in [6, 6.07) is 8.82. The lowest BCUT2D eigenvalue weighted by Gasteiger charge is -2.42. The van der Waals surface area contributed by atoms with Gasteiger partial charge < -0.3 is 10.5 Å². The van der Waals surface area contributed by atoms with E-state index in [1.807, 2.05) is 12.1 Å². The molecule has 1 fully saturated rings. The number of morpholine rings is 1. The number of hydrogen-bond donors (Lipinski definition) is 1. The molecule has 0 radical (unpaired) electrons. The minimum Gasteiger partial charge on any atom is -0.379 e. The van der Waals surface area contributed by atoms with E-state index in [4.69, 9.17) is 22.1 Å². The van der Waals surface area contributed by atoms with Crippen molar-refractivity contribution in [1.29, 1.82) is 0 Å². The molecule has 0 aliphatic carbocycles. The van der Waals surface area contributed by atoms with Crippen molar-refractivity contribution >= 4 is 11.6 Å². The van der Waals surface area contributed by atoms with E-state index in [-0.39, 0.29) is 12.1 Å². The van der Waals surface area contributed by atoms with E-state index in [0.29, 0.717) is 6.04 Å². The van der Waals surface area contributed by atoms with Crippen molar-refractivity contribution in [2.24, 2.45) is 5.73 Å². The van der Waals surface area contributed by atoms with Gasteiger partial charge in [-0.1, -0.05) is 30.7 Å². The molecule has 2 rings (SSSR count). The predicted molar refractivity (Wildman–Crippen MR) is 79.4 cm³/mol. The Morgan fingerprint density at radius 1 is 1.42 bits per heavy atom. The first-order valence-electron chi connectivity index (χ1n) is 6.98. The van der Waals surface area contributed by atoms with Crippen LogP contribution in [0, 0.1) is 0 Å². The number of nitrogens with two attached hydrogens (primary N) is 1. The highest BCUT2D eigenvalue weighted by Crippen LogP contribution is 2.29. The second-order valence-electron chi connectivity index (χ2n) is 5.23. The van der Waals surface area contributed by atoms with E-state index >= 15 is 0 Å². The molecular weight excluding hydrogens is 260 g/mol. The minimum atomic E-state index is 0.127. The normalized spacial score (nSPS) is 24.1. The molecule has 1 aromatic rings. The molecule has 0 spiro atoms. The topological polar surface area (TPSA) is 38.5 Å². The minimum absolute atomic E-state index is 0.127.